The summed E-state index contributed by atoms with van der Waals surface area (Å²) in [6.45, 7) is 0.479. The average Bonchev–Trinajstić information content (AvgIpc) is 3.07. The van der Waals surface area contributed by atoms with E-state index in [4.69, 9.17) is 15.5 Å². The topological polar surface area (TPSA) is 139 Å². The second-order valence-corrected chi connectivity index (χ2v) is 6.71. The Morgan fingerprint density at radius 2 is 2.25 bits per heavy atom. The molecule has 0 aromatic carbocycles. The molecule has 1 aliphatic rings. The molecule has 108 valence electrons. The van der Waals surface area contributed by atoms with Crippen LogP contribution in [0.15, 0.2) is 12.5 Å². The molecule has 9 nitrogen and oxygen atoms in total. The maximum atomic E-state index is 11.0. The molecule has 0 bridgehead atoms. The van der Waals surface area contributed by atoms with E-state index in [9.17, 15) is 4.57 Å². The lowest BCUT2D eigenvalue weighted by atomic mass is 10.3. The maximum Gasteiger partial charge on any atom is 0.339 e. The molecular weight excluding hydrogens is 283 g/mol. The van der Waals surface area contributed by atoms with Gasteiger partial charge in [-0.1, -0.05) is 0 Å². The summed E-state index contributed by atoms with van der Waals surface area (Å²) in [6, 6.07) is 0. The molecule has 2 aromatic heterocycles. The Kier molecular flexibility index (Phi) is 3.02. The summed E-state index contributed by atoms with van der Waals surface area (Å²) < 4.78 is 12.7. The normalized spacial score (nSPS) is 17.5. The zero-order chi connectivity index (χ0) is 14.4. The third kappa shape index (κ3) is 2.66. The van der Waals surface area contributed by atoms with E-state index in [1.807, 2.05) is 0 Å². The van der Waals surface area contributed by atoms with E-state index in [-0.39, 0.29) is 11.8 Å². The van der Waals surface area contributed by atoms with E-state index in [0.29, 0.717) is 23.7 Å². The van der Waals surface area contributed by atoms with Gasteiger partial charge in [0, 0.05) is 12.1 Å². The third-order valence-corrected chi connectivity index (χ3v) is 3.98. The van der Waals surface area contributed by atoms with Gasteiger partial charge in [-0.05, 0) is 12.8 Å². The Labute approximate surface area is 114 Å². The minimum Gasteiger partial charge on any atom is -0.369 e. The molecule has 2 heterocycles. The molecule has 0 amide bonds. The van der Waals surface area contributed by atoms with Gasteiger partial charge in [0.05, 0.1) is 12.5 Å². The van der Waals surface area contributed by atoms with E-state index < -0.39 is 7.60 Å². The number of hydrogen-bond donors (Lipinski definition) is 4. The third-order valence-electron chi connectivity index (χ3n) is 3.41. The van der Waals surface area contributed by atoms with Crippen LogP contribution in [-0.2, 0) is 11.1 Å². The number of nitrogens with two attached hydrogens (primary N) is 1. The number of aromatic nitrogens is 4. The molecule has 2 aromatic rings. The van der Waals surface area contributed by atoms with Crippen molar-refractivity contribution in [1.82, 2.24) is 24.8 Å². The molecule has 0 radical (unpaired) electrons. The molecule has 1 fully saturated rings. The Bertz CT molecular complexity index is 691. The van der Waals surface area contributed by atoms with E-state index in [0.717, 1.165) is 12.8 Å². The first-order valence-electron chi connectivity index (χ1n) is 6.10. The largest absolute Gasteiger partial charge is 0.369 e. The Morgan fingerprint density at radius 3 is 2.90 bits per heavy atom. The van der Waals surface area contributed by atoms with Crippen molar-refractivity contribution in [3.05, 3.63) is 12.5 Å². The average molecular weight is 298 g/mol. The zero-order valence-electron chi connectivity index (χ0n) is 10.6. The number of hydrogen-bond acceptors (Lipinski definition) is 6. The molecule has 0 spiro atoms. The zero-order valence-corrected chi connectivity index (χ0v) is 11.5. The van der Waals surface area contributed by atoms with Gasteiger partial charge in [0.1, 0.15) is 11.8 Å². The lowest BCUT2D eigenvalue weighted by Gasteiger charge is -2.19. The monoisotopic (exact) mass is 298 g/mol. The van der Waals surface area contributed by atoms with Crippen molar-refractivity contribution in [2.45, 2.75) is 24.9 Å². The van der Waals surface area contributed by atoms with Gasteiger partial charge >= 0.3 is 7.60 Å². The van der Waals surface area contributed by atoms with Crippen LogP contribution in [0.2, 0.25) is 0 Å². The fourth-order valence-electron chi connectivity index (χ4n) is 2.17. The minimum atomic E-state index is -4.06. The number of nitrogens with one attached hydrogen (secondary N) is 1. The fourth-order valence-corrected chi connectivity index (χ4v) is 2.71. The molecular formula is C10H15N6O3P. The summed E-state index contributed by atoms with van der Waals surface area (Å²) >= 11 is 0. The first kappa shape index (κ1) is 13.4. The Morgan fingerprint density at radius 1 is 1.50 bits per heavy atom. The standard InChI is InChI=1S/C10H15N6O3P/c11-9-15-7-3-12-5-13-8(7)16(9)4-10(1-2-10)14-6-20(17,18)19/h3,5,14H,1-2,4,6H2,(H2,11,15)(H2,17,18,19). The predicted molar refractivity (Wildman–Crippen MR) is 71.7 cm³/mol. The Balaban J connectivity index is 1.83. The highest BCUT2D eigenvalue weighted by Crippen LogP contribution is 2.41. The molecule has 1 saturated carbocycles. The van der Waals surface area contributed by atoms with Crippen molar-refractivity contribution in [2.75, 3.05) is 12.0 Å². The molecule has 20 heavy (non-hydrogen) atoms. The van der Waals surface area contributed by atoms with Crippen LogP contribution in [-0.4, -0.2) is 41.1 Å². The van der Waals surface area contributed by atoms with Gasteiger partial charge in [-0.2, -0.15) is 0 Å². The van der Waals surface area contributed by atoms with Gasteiger partial charge in [-0.25, -0.2) is 15.0 Å². The summed E-state index contributed by atoms with van der Waals surface area (Å²) in [5, 5.41) is 2.93. The van der Waals surface area contributed by atoms with Crippen LogP contribution in [0, 0.1) is 0 Å². The van der Waals surface area contributed by atoms with Gasteiger partial charge in [0.15, 0.2) is 5.65 Å². The second-order valence-electron chi connectivity index (χ2n) is 5.07. The van der Waals surface area contributed by atoms with Crippen LogP contribution < -0.4 is 11.1 Å². The van der Waals surface area contributed by atoms with Crippen LogP contribution >= 0.6 is 7.60 Å². The molecule has 1 aliphatic carbocycles. The summed E-state index contributed by atoms with van der Waals surface area (Å²) in [7, 11) is -4.06. The van der Waals surface area contributed by atoms with Gasteiger partial charge in [0.2, 0.25) is 5.95 Å². The van der Waals surface area contributed by atoms with Crippen molar-refractivity contribution in [2.24, 2.45) is 0 Å². The number of fused-ring (bicyclic) bond motifs is 1. The summed E-state index contributed by atoms with van der Waals surface area (Å²) in [5.41, 5.74) is 6.77. The minimum absolute atomic E-state index is 0.324. The van der Waals surface area contributed by atoms with E-state index >= 15 is 0 Å². The first-order chi connectivity index (χ1) is 9.39. The Hall–Kier alpha value is -1.54. The molecule has 0 unspecified atom stereocenters. The maximum absolute atomic E-state index is 11.0. The lowest BCUT2D eigenvalue weighted by molar-refractivity contribution is 0.356. The first-order valence-corrected chi connectivity index (χ1v) is 7.90. The van der Waals surface area contributed by atoms with Crippen LogP contribution in [0.25, 0.3) is 11.2 Å². The quantitative estimate of drug-likeness (QED) is 0.550. The van der Waals surface area contributed by atoms with Crippen molar-refractivity contribution < 1.29 is 14.4 Å². The highest BCUT2D eigenvalue weighted by molar-refractivity contribution is 7.51. The number of rotatable bonds is 5. The highest BCUT2D eigenvalue weighted by Gasteiger charge is 2.44. The SMILES string of the molecule is Nc1nc2cncnc2n1CC1(NCP(=O)(O)O)CC1. The number of anilines is 1. The molecule has 0 aliphatic heterocycles. The molecule has 0 saturated heterocycles. The van der Waals surface area contributed by atoms with Gasteiger partial charge in [-0.3, -0.25) is 14.4 Å². The van der Waals surface area contributed by atoms with Crippen LogP contribution in [0.3, 0.4) is 0 Å². The fraction of sp³-hybridized carbons (Fsp3) is 0.500. The number of nitrogens with zero attached hydrogens (tertiary/aromatic N) is 4. The predicted octanol–water partition coefficient (Wildman–Crippen LogP) is -0.334. The number of imidazole rings is 1. The highest BCUT2D eigenvalue weighted by atomic mass is 31.2. The van der Waals surface area contributed by atoms with Crippen molar-refractivity contribution >= 4 is 24.7 Å². The van der Waals surface area contributed by atoms with Gasteiger partial charge < -0.3 is 15.5 Å². The van der Waals surface area contributed by atoms with Crippen molar-refractivity contribution in [3.8, 4) is 0 Å². The lowest BCUT2D eigenvalue weighted by Crippen LogP contribution is -2.36. The van der Waals surface area contributed by atoms with E-state index in [2.05, 4.69) is 20.3 Å². The number of nitrogen functional groups attached to an aromatic ring is 1. The van der Waals surface area contributed by atoms with Gasteiger partial charge in [0.25, 0.3) is 0 Å². The molecule has 0 atom stereocenters. The smallest absolute Gasteiger partial charge is 0.339 e. The summed E-state index contributed by atoms with van der Waals surface area (Å²) in [4.78, 5) is 30.1. The van der Waals surface area contributed by atoms with Gasteiger partial charge in [-0.15, -0.1) is 0 Å². The van der Waals surface area contributed by atoms with Crippen molar-refractivity contribution in [3.63, 3.8) is 0 Å². The van der Waals surface area contributed by atoms with E-state index in [1.165, 1.54) is 6.33 Å². The molecule has 5 N–H and O–H groups in total. The van der Waals surface area contributed by atoms with Crippen molar-refractivity contribution in [1.29, 1.82) is 0 Å². The van der Waals surface area contributed by atoms with Crippen LogP contribution in [0.4, 0.5) is 5.95 Å². The summed E-state index contributed by atoms with van der Waals surface area (Å²) in [5.74, 6) is 0.324. The van der Waals surface area contributed by atoms with Crippen LogP contribution in [0.1, 0.15) is 12.8 Å². The second kappa shape index (κ2) is 4.49. The molecule has 10 heteroatoms. The van der Waals surface area contributed by atoms with E-state index in [1.54, 1.807) is 10.8 Å². The van der Waals surface area contributed by atoms with Crippen LogP contribution in [0.5, 0.6) is 0 Å². The summed E-state index contributed by atoms with van der Waals surface area (Å²) in [6.07, 6.45) is 4.32. The molecule has 3 rings (SSSR count).